The highest BCUT2D eigenvalue weighted by Gasteiger charge is 2.25. The van der Waals surface area contributed by atoms with Crippen molar-refractivity contribution < 1.29 is 8.78 Å². The van der Waals surface area contributed by atoms with E-state index in [0.29, 0.717) is 35.4 Å². The predicted molar refractivity (Wildman–Crippen MR) is 90.2 cm³/mol. The van der Waals surface area contributed by atoms with Crippen LogP contribution in [0, 0.1) is 5.92 Å². The first-order valence-electron chi connectivity index (χ1n) is 8.31. The van der Waals surface area contributed by atoms with E-state index in [2.05, 4.69) is 34.3 Å². The molecule has 130 valence electrons. The van der Waals surface area contributed by atoms with Crippen LogP contribution in [-0.4, -0.2) is 40.9 Å². The molecule has 2 aromatic heterocycles. The van der Waals surface area contributed by atoms with Crippen molar-refractivity contribution in [1.29, 1.82) is 0 Å². The summed E-state index contributed by atoms with van der Waals surface area (Å²) in [6.07, 6.45) is 1.66. The normalized spacial score (nSPS) is 18.6. The van der Waals surface area contributed by atoms with Gasteiger partial charge in [-0.15, -0.1) is 0 Å². The van der Waals surface area contributed by atoms with E-state index in [4.69, 9.17) is 0 Å². The lowest BCUT2D eigenvalue weighted by atomic mass is 10.0. The molecular formula is C17H23F2N5. The molecule has 1 saturated heterocycles. The van der Waals surface area contributed by atoms with Gasteiger partial charge in [-0.25, -0.2) is 13.8 Å². The lowest BCUT2D eigenvalue weighted by Gasteiger charge is -2.36. The summed E-state index contributed by atoms with van der Waals surface area (Å²) in [5.41, 5.74) is 1.60. The van der Waals surface area contributed by atoms with Crippen molar-refractivity contribution in [3.63, 3.8) is 0 Å². The van der Waals surface area contributed by atoms with E-state index in [1.807, 2.05) is 4.90 Å². The third-order valence-electron chi connectivity index (χ3n) is 4.26. The molecule has 0 amide bonds. The number of nitrogens with zero attached hydrogens (tertiary/aromatic N) is 3. The molecule has 0 aliphatic carbocycles. The lowest BCUT2D eigenvalue weighted by molar-refractivity contribution is 0.146. The van der Waals surface area contributed by atoms with Gasteiger partial charge < -0.3 is 10.2 Å². The highest BCUT2D eigenvalue weighted by atomic mass is 19.3. The molecule has 2 aromatic rings. The Hall–Kier alpha value is -2.02. The fourth-order valence-electron chi connectivity index (χ4n) is 3.22. The molecule has 1 atom stereocenters. The molecule has 0 bridgehead atoms. The summed E-state index contributed by atoms with van der Waals surface area (Å²) in [7, 11) is 0. The summed E-state index contributed by atoms with van der Waals surface area (Å²) in [5.74, 6) is 0.568. The number of rotatable bonds is 5. The number of alkyl halides is 2. The van der Waals surface area contributed by atoms with Gasteiger partial charge in [0.05, 0.1) is 17.6 Å². The Balaban J connectivity index is 1.86. The molecule has 0 unspecified atom stereocenters. The van der Waals surface area contributed by atoms with Crippen LogP contribution in [0.3, 0.4) is 0 Å². The van der Waals surface area contributed by atoms with Gasteiger partial charge in [-0.1, -0.05) is 13.8 Å². The summed E-state index contributed by atoms with van der Waals surface area (Å²) in [6.45, 7) is 6.58. The maximum absolute atomic E-state index is 13.6. The molecule has 7 heteroatoms. The lowest BCUT2D eigenvalue weighted by Crippen LogP contribution is -2.51. The van der Waals surface area contributed by atoms with Gasteiger partial charge in [0, 0.05) is 37.4 Å². The van der Waals surface area contributed by atoms with Crippen LogP contribution in [0.5, 0.6) is 0 Å². The Morgan fingerprint density at radius 3 is 2.83 bits per heavy atom. The number of halogens is 2. The number of aromatic nitrogens is 3. The first kappa shape index (κ1) is 16.8. The Kier molecular flexibility index (Phi) is 5.08. The number of anilines is 1. The van der Waals surface area contributed by atoms with Crippen LogP contribution in [0.2, 0.25) is 0 Å². The molecule has 5 nitrogen and oxygen atoms in total. The Labute approximate surface area is 140 Å². The van der Waals surface area contributed by atoms with E-state index in [1.54, 1.807) is 24.5 Å². The zero-order valence-corrected chi connectivity index (χ0v) is 14.0. The quantitative estimate of drug-likeness (QED) is 0.881. The minimum Gasteiger partial charge on any atom is -0.367 e. The topological polar surface area (TPSA) is 56.8 Å². The third-order valence-corrected chi connectivity index (χ3v) is 4.26. The molecule has 1 fully saturated rings. The second kappa shape index (κ2) is 7.25. The largest absolute Gasteiger partial charge is 0.367 e. The van der Waals surface area contributed by atoms with E-state index in [1.165, 1.54) is 0 Å². The Bertz CT molecular complexity index is 657. The zero-order chi connectivity index (χ0) is 17.1. The van der Waals surface area contributed by atoms with Crippen molar-refractivity contribution >= 4 is 5.69 Å². The summed E-state index contributed by atoms with van der Waals surface area (Å²) in [6, 6.07) is 3.86. The predicted octanol–water partition coefficient (Wildman–Crippen LogP) is 3.23. The first-order chi connectivity index (χ1) is 11.5. The van der Waals surface area contributed by atoms with Gasteiger partial charge in [-0.05, 0) is 24.5 Å². The molecule has 0 aromatic carbocycles. The van der Waals surface area contributed by atoms with Crippen LogP contribution in [0.4, 0.5) is 14.5 Å². The van der Waals surface area contributed by atoms with Crippen LogP contribution in [0.25, 0.3) is 11.3 Å². The molecular weight excluding hydrogens is 312 g/mol. The Morgan fingerprint density at radius 1 is 1.33 bits per heavy atom. The summed E-state index contributed by atoms with van der Waals surface area (Å²) < 4.78 is 27.2. The van der Waals surface area contributed by atoms with Crippen molar-refractivity contribution in [1.82, 2.24) is 20.5 Å². The van der Waals surface area contributed by atoms with Gasteiger partial charge >= 0.3 is 0 Å². The SMILES string of the molecule is CC(C)C[C@H]1CN(c2ccc(-c3cn[nH]c3)nc2C(F)F)CCN1. The Morgan fingerprint density at radius 2 is 2.17 bits per heavy atom. The van der Waals surface area contributed by atoms with E-state index in [9.17, 15) is 8.78 Å². The van der Waals surface area contributed by atoms with Gasteiger partial charge in [0.1, 0.15) is 5.69 Å². The summed E-state index contributed by atoms with van der Waals surface area (Å²) >= 11 is 0. The van der Waals surface area contributed by atoms with Crippen LogP contribution < -0.4 is 10.2 Å². The molecule has 2 N–H and O–H groups in total. The number of nitrogens with one attached hydrogen (secondary N) is 2. The van der Waals surface area contributed by atoms with Crippen LogP contribution in [0.1, 0.15) is 32.4 Å². The number of aromatic amines is 1. The van der Waals surface area contributed by atoms with Crippen molar-refractivity contribution in [2.24, 2.45) is 5.92 Å². The maximum atomic E-state index is 13.6. The summed E-state index contributed by atoms with van der Waals surface area (Å²) in [5, 5.41) is 10.0. The average Bonchev–Trinajstić information content (AvgIpc) is 3.08. The van der Waals surface area contributed by atoms with Gasteiger partial charge in [-0.3, -0.25) is 5.10 Å². The number of piperazine rings is 1. The van der Waals surface area contributed by atoms with Gasteiger partial charge in [0.2, 0.25) is 0 Å². The molecule has 0 saturated carbocycles. The van der Waals surface area contributed by atoms with E-state index < -0.39 is 6.43 Å². The molecule has 0 spiro atoms. The second-order valence-electron chi connectivity index (χ2n) is 6.62. The standard InChI is InChI=1S/C17H23F2N5/c1-11(2)7-13-10-24(6-5-20-13)15-4-3-14(12-8-21-22-9-12)23-16(15)17(18)19/h3-4,8-9,11,13,17,20H,5-7,10H2,1-2H3,(H,21,22)/t13-/m0/s1. The van der Waals surface area contributed by atoms with Crippen LogP contribution in [-0.2, 0) is 0 Å². The fourth-order valence-corrected chi connectivity index (χ4v) is 3.22. The first-order valence-corrected chi connectivity index (χ1v) is 8.31. The number of hydrogen-bond donors (Lipinski definition) is 2. The number of pyridine rings is 1. The van der Waals surface area contributed by atoms with E-state index in [-0.39, 0.29) is 5.69 Å². The molecule has 24 heavy (non-hydrogen) atoms. The zero-order valence-electron chi connectivity index (χ0n) is 14.0. The highest BCUT2D eigenvalue weighted by Crippen LogP contribution is 2.31. The van der Waals surface area contributed by atoms with Gasteiger partial charge in [-0.2, -0.15) is 5.10 Å². The minimum atomic E-state index is -2.61. The van der Waals surface area contributed by atoms with Crippen LogP contribution in [0.15, 0.2) is 24.5 Å². The second-order valence-corrected chi connectivity index (χ2v) is 6.62. The van der Waals surface area contributed by atoms with Crippen molar-refractivity contribution in [3.05, 3.63) is 30.2 Å². The third kappa shape index (κ3) is 3.72. The van der Waals surface area contributed by atoms with Gasteiger partial charge in [0.25, 0.3) is 6.43 Å². The monoisotopic (exact) mass is 335 g/mol. The van der Waals surface area contributed by atoms with Crippen molar-refractivity contribution in [3.8, 4) is 11.3 Å². The maximum Gasteiger partial charge on any atom is 0.282 e. The molecule has 0 radical (unpaired) electrons. The van der Waals surface area contributed by atoms with Crippen molar-refractivity contribution in [2.75, 3.05) is 24.5 Å². The highest BCUT2D eigenvalue weighted by molar-refractivity contribution is 5.62. The summed E-state index contributed by atoms with van der Waals surface area (Å²) in [4.78, 5) is 6.23. The smallest absolute Gasteiger partial charge is 0.282 e. The molecule has 1 aliphatic rings. The average molecular weight is 335 g/mol. The van der Waals surface area contributed by atoms with Gasteiger partial charge in [0.15, 0.2) is 0 Å². The number of H-pyrrole nitrogens is 1. The fraction of sp³-hybridized carbons (Fsp3) is 0.529. The molecule has 3 heterocycles. The van der Waals surface area contributed by atoms with E-state index in [0.717, 1.165) is 19.5 Å². The van der Waals surface area contributed by atoms with Crippen molar-refractivity contribution in [2.45, 2.75) is 32.7 Å². The molecule has 1 aliphatic heterocycles. The van der Waals surface area contributed by atoms with E-state index >= 15 is 0 Å². The van der Waals surface area contributed by atoms with Crippen LogP contribution >= 0.6 is 0 Å². The minimum absolute atomic E-state index is 0.154. The molecule has 3 rings (SSSR count). The number of hydrogen-bond acceptors (Lipinski definition) is 4.